The molecule has 8 heteroatoms. The third-order valence-corrected chi connectivity index (χ3v) is 3.93. The average molecular weight is 360 g/mol. The molecule has 0 bridgehead atoms. The van der Waals surface area contributed by atoms with Gasteiger partial charge in [-0.05, 0) is 17.7 Å². The lowest BCUT2D eigenvalue weighted by atomic mass is 10.1. The first kappa shape index (κ1) is 18.4. The van der Waals surface area contributed by atoms with Crippen molar-refractivity contribution in [3.05, 3.63) is 33.8 Å². The lowest BCUT2D eigenvalue weighted by Crippen LogP contribution is -2.41. The van der Waals surface area contributed by atoms with Crippen LogP contribution in [0, 0.1) is 0 Å². The standard InChI is InChI=1S/C13H14Cl2F2N2O.ClH/c1-19(6-8-2-3-9(14)10(15)4-8)12(20)11-5-13(16,17)7-18-11;/h2-4,11,18H,5-7H2,1H3;1H. The monoisotopic (exact) mass is 358 g/mol. The summed E-state index contributed by atoms with van der Waals surface area (Å²) in [4.78, 5) is 13.5. The van der Waals surface area contributed by atoms with E-state index in [1.165, 1.54) is 4.90 Å². The van der Waals surface area contributed by atoms with Crippen LogP contribution in [0.25, 0.3) is 0 Å². The Morgan fingerprint density at radius 1 is 1.43 bits per heavy atom. The van der Waals surface area contributed by atoms with Gasteiger partial charge in [-0.3, -0.25) is 10.1 Å². The van der Waals surface area contributed by atoms with Crippen molar-refractivity contribution in [2.45, 2.75) is 24.9 Å². The predicted molar refractivity (Wildman–Crippen MR) is 81.5 cm³/mol. The zero-order valence-electron chi connectivity index (χ0n) is 11.2. The Hall–Kier alpha value is -0.620. The minimum absolute atomic E-state index is 0. The first-order valence-corrected chi connectivity index (χ1v) is 6.84. The maximum Gasteiger partial charge on any atom is 0.262 e. The highest BCUT2D eigenvalue weighted by Crippen LogP contribution is 2.27. The number of hydrogen-bond donors (Lipinski definition) is 1. The van der Waals surface area contributed by atoms with Gasteiger partial charge in [0.2, 0.25) is 5.91 Å². The second-order valence-electron chi connectivity index (χ2n) is 4.94. The van der Waals surface area contributed by atoms with Gasteiger partial charge in [-0.1, -0.05) is 29.3 Å². The van der Waals surface area contributed by atoms with Crippen molar-refractivity contribution >= 4 is 41.5 Å². The molecule has 1 aromatic rings. The van der Waals surface area contributed by atoms with Gasteiger partial charge in [0.25, 0.3) is 5.92 Å². The van der Waals surface area contributed by atoms with Crippen LogP contribution in [0.2, 0.25) is 10.0 Å². The number of benzene rings is 1. The smallest absolute Gasteiger partial charge is 0.262 e. The van der Waals surface area contributed by atoms with Crippen LogP contribution in [0.1, 0.15) is 12.0 Å². The molecule has 1 atom stereocenters. The number of carbonyl (C=O) groups is 1. The molecule has 2 rings (SSSR count). The Bertz CT molecular complexity index is 528. The minimum atomic E-state index is -2.81. The number of nitrogens with zero attached hydrogens (tertiary/aromatic N) is 1. The van der Waals surface area contributed by atoms with Gasteiger partial charge in [-0.15, -0.1) is 12.4 Å². The van der Waals surface area contributed by atoms with E-state index >= 15 is 0 Å². The summed E-state index contributed by atoms with van der Waals surface area (Å²) >= 11 is 11.7. The van der Waals surface area contributed by atoms with Gasteiger partial charge in [0.05, 0.1) is 22.6 Å². The van der Waals surface area contributed by atoms with Gasteiger partial charge in [0.15, 0.2) is 0 Å². The van der Waals surface area contributed by atoms with E-state index in [1.54, 1.807) is 25.2 Å². The van der Waals surface area contributed by atoms with Gasteiger partial charge in [-0.2, -0.15) is 0 Å². The van der Waals surface area contributed by atoms with E-state index in [0.29, 0.717) is 16.6 Å². The normalized spacial score (nSPS) is 20.0. The molecule has 1 N–H and O–H groups in total. The molecular weight excluding hydrogens is 345 g/mol. The number of likely N-dealkylation sites (N-methyl/N-ethyl adjacent to an activating group) is 1. The van der Waals surface area contributed by atoms with Crippen LogP contribution in [0.5, 0.6) is 0 Å². The van der Waals surface area contributed by atoms with E-state index in [9.17, 15) is 13.6 Å². The topological polar surface area (TPSA) is 32.3 Å². The second-order valence-corrected chi connectivity index (χ2v) is 5.75. The van der Waals surface area contributed by atoms with E-state index in [4.69, 9.17) is 23.2 Å². The van der Waals surface area contributed by atoms with Gasteiger partial charge in [-0.25, -0.2) is 8.78 Å². The van der Waals surface area contributed by atoms with E-state index in [0.717, 1.165) is 5.56 Å². The Morgan fingerprint density at radius 3 is 2.62 bits per heavy atom. The number of alkyl halides is 2. The van der Waals surface area contributed by atoms with E-state index in [1.807, 2.05) is 0 Å². The molecule has 1 heterocycles. The molecule has 0 radical (unpaired) electrons. The van der Waals surface area contributed by atoms with Crippen LogP contribution in [0.4, 0.5) is 8.78 Å². The molecule has 0 spiro atoms. The number of halogens is 5. The van der Waals surface area contributed by atoms with Crippen molar-refractivity contribution in [2.75, 3.05) is 13.6 Å². The maximum absolute atomic E-state index is 13.1. The van der Waals surface area contributed by atoms with Crippen LogP contribution >= 0.6 is 35.6 Å². The maximum atomic E-state index is 13.1. The number of rotatable bonds is 3. The largest absolute Gasteiger partial charge is 0.340 e. The van der Waals surface area contributed by atoms with Crippen molar-refractivity contribution in [2.24, 2.45) is 0 Å². The van der Waals surface area contributed by atoms with E-state index in [-0.39, 0.29) is 18.3 Å². The van der Waals surface area contributed by atoms with Gasteiger partial charge in [0.1, 0.15) is 0 Å². The lowest BCUT2D eigenvalue weighted by molar-refractivity contribution is -0.132. The summed E-state index contributed by atoms with van der Waals surface area (Å²) in [6, 6.07) is 4.20. The van der Waals surface area contributed by atoms with Crippen LogP contribution in [-0.4, -0.2) is 36.4 Å². The van der Waals surface area contributed by atoms with E-state index in [2.05, 4.69) is 5.32 Å². The molecule has 1 aliphatic heterocycles. The Balaban J connectivity index is 0.00000220. The summed E-state index contributed by atoms with van der Waals surface area (Å²) in [5.41, 5.74) is 0.792. The van der Waals surface area contributed by atoms with Gasteiger partial charge in [0, 0.05) is 20.0 Å². The predicted octanol–water partition coefficient (Wildman–Crippen LogP) is 3.37. The molecule has 1 aliphatic rings. The summed E-state index contributed by atoms with van der Waals surface area (Å²) in [5, 5.41) is 3.38. The molecule has 118 valence electrons. The third-order valence-electron chi connectivity index (χ3n) is 3.19. The molecule has 1 fully saturated rings. The molecule has 3 nitrogen and oxygen atoms in total. The van der Waals surface area contributed by atoms with Crippen LogP contribution in [0.15, 0.2) is 18.2 Å². The van der Waals surface area contributed by atoms with Crippen LogP contribution in [0.3, 0.4) is 0 Å². The molecule has 0 aromatic heterocycles. The molecule has 0 saturated carbocycles. The molecule has 0 aliphatic carbocycles. The quantitative estimate of drug-likeness (QED) is 0.897. The molecule has 21 heavy (non-hydrogen) atoms. The van der Waals surface area contributed by atoms with Crippen molar-refractivity contribution in [1.29, 1.82) is 0 Å². The number of nitrogens with one attached hydrogen (secondary N) is 1. The zero-order valence-corrected chi connectivity index (χ0v) is 13.5. The van der Waals surface area contributed by atoms with Crippen molar-refractivity contribution in [3.63, 3.8) is 0 Å². The van der Waals surface area contributed by atoms with Gasteiger partial charge < -0.3 is 4.90 Å². The summed E-state index contributed by atoms with van der Waals surface area (Å²) in [6.07, 6.45) is -0.461. The molecule has 1 unspecified atom stereocenters. The summed E-state index contributed by atoms with van der Waals surface area (Å²) < 4.78 is 26.2. The zero-order chi connectivity index (χ0) is 14.9. The molecule has 1 saturated heterocycles. The Kier molecular flexibility index (Phi) is 6.23. The fraction of sp³-hybridized carbons (Fsp3) is 0.462. The summed E-state index contributed by atoms with van der Waals surface area (Å²) in [6.45, 7) is -0.163. The summed E-state index contributed by atoms with van der Waals surface area (Å²) in [7, 11) is 1.57. The first-order valence-electron chi connectivity index (χ1n) is 6.08. The van der Waals surface area contributed by atoms with Crippen molar-refractivity contribution < 1.29 is 13.6 Å². The SMILES string of the molecule is CN(Cc1ccc(Cl)c(Cl)c1)C(=O)C1CC(F)(F)CN1.Cl. The Morgan fingerprint density at radius 2 is 2.10 bits per heavy atom. The summed E-state index contributed by atoms with van der Waals surface area (Å²) in [5.74, 6) is -3.17. The van der Waals surface area contributed by atoms with Gasteiger partial charge >= 0.3 is 0 Å². The molecule has 1 aromatic carbocycles. The van der Waals surface area contributed by atoms with Crippen LogP contribution in [-0.2, 0) is 11.3 Å². The fourth-order valence-corrected chi connectivity index (χ4v) is 2.47. The first-order chi connectivity index (χ1) is 9.28. The number of amides is 1. The fourth-order valence-electron chi connectivity index (χ4n) is 2.15. The minimum Gasteiger partial charge on any atom is -0.340 e. The molecule has 1 amide bonds. The number of carbonyl (C=O) groups excluding carboxylic acids is 1. The Labute approximate surface area is 138 Å². The van der Waals surface area contributed by atoms with Crippen molar-refractivity contribution in [3.8, 4) is 0 Å². The average Bonchev–Trinajstić information content (AvgIpc) is 2.73. The van der Waals surface area contributed by atoms with Crippen molar-refractivity contribution in [1.82, 2.24) is 10.2 Å². The van der Waals surface area contributed by atoms with E-state index < -0.39 is 24.9 Å². The highest BCUT2D eigenvalue weighted by molar-refractivity contribution is 6.42. The third kappa shape index (κ3) is 4.68. The number of hydrogen-bond acceptors (Lipinski definition) is 2. The van der Waals surface area contributed by atoms with Crippen LogP contribution < -0.4 is 5.32 Å². The second kappa shape index (κ2) is 7.09. The highest BCUT2D eigenvalue weighted by Gasteiger charge is 2.43. The lowest BCUT2D eigenvalue weighted by Gasteiger charge is -2.21. The highest BCUT2D eigenvalue weighted by atomic mass is 35.5. The molecular formula is C13H15Cl3F2N2O.